The lowest BCUT2D eigenvalue weighted by atomic mass is 9.97. The molecule has 1 fully saturated rings. The van der Waals surface area contributed by atoms with Gasteiger partial charge >= 0.3 is 0 Å². The van der Waals surface area contributed by atoms with Gasteiger partial charge in [0.25, 0.3) is 0 Å². The number of hydrogen-bond acceptors (Lipinski definition) is 4. The fourth-order valence-electron chi connectivity index (χ4n) is 3.50. The van der Waals surface area contributed by atoms with Gasteiger partial charge in [-0.1, -0.05) is 25.9 Å². The Morgan fingerprint density at radius 3 is 2.56 bits per heavy atom. The second-order valence-electron chi connectivity index (χ2n) is 6.83. The average Bonchev–Trinajstić information content (AvgIpc) is 3.05. The van der Waals surface area contributed by atoms with Crippen molar-refractivity contribution in [2.75, 3.05) is 33.2 Å². The van der Waals surface area contributed by atoms with Gasteiger partial charge in [-0.05, 0) is 51.2 Å². The second kappa shape index (κ2) is 10.4. The molecule has 1 aliphatic heterocycles. The van der Waals surface area contributed by atoms with E-state index in [1.165, 1.54) is 44.5 Å². The predicted molar refractivity (Wildman–Crippen MR) is 103 cm³/mol. The highest BCUT2D eigenvalue weighted by Gasteiger charge is 2.19. The van der Waals surface area contributed by atoms with Crippen LogP contribution in [0, 0.1) is 5.92 Å². The summed E-state index contributed by atoms with van der Waals surface area (Å²) in [7, 11) is 1.83. The number of piperidine rings is 1. The van der Waals surface area contributed by atoms with Crippen LogP contribution in [-0.4, -0.2) is 49.2 Å². The Morgan fingerprint density at radius 2 is 1.96 bits per heavy atom. The third kappa shape index (κ3) is 5.73. The molecule has 0 spiro atoms. The molecule has 0 bridgehead atoms. The van der Waals surface area contributed by atoms with Crippen molar-refractivity contribution in [3.05, 3.63) is 17.0 Å². The summed E-state index contributed by atoms with van der Waals surface area (Å²) in [5, 5.41) is 11.1. The molecular weight excluding hydrogens is 314 g/mol. The van der Waals surface area contributed by atoms with Crippen LogP contribution in [0.1, 0.15) is 57.1 Å². The van der Waals surface area contributed by atoms with Gasteiger partial charge in [0, 0.05) is 32.1 Å². The van der Waals surface area contributed by atoms with E-state index in [0.29, 0.717) is 6.54 Å². The minimum atomic E-state index is 0.713. The molecule has 2 rings (SSSR count). The summed E-state index contributed by atoms with van der Waals surface area (Å²) in [5.74, 6) is 2.57. The number of guanidine groups is 1. The minimum Gasteiger partial charge on any atom is -0.361 e. The van der Waals surface area contributed by atoms with E-state index in [1.54, 1.807) is 0 Å². The molecule has 1 aliphatic rings. The molecule has 6 heteroatoms. The number of aryl methyl sites for hydroxylation is 2. The van der Waals surface area contributed by atoms with Crippen LogP contribution in [0.2, 0.25) is 0 Å². The molecule has 0 radical (unpaired) electrons. The van der Waals surface area contributed by atoms with Crippen LogP contribution in [0.15, 0.2) is 9.52 Å². The summed E-state index contributed by atoms with van der Waals surface area (Å²) in [4.78, 5) is 6.94. The van der Waals surface area contributed by atoms with Crippen LogP contribution in [0.4, 0.5) is 0 Å². The maximum Gasteiger partial charge on any atom is 0.191 e. The number of rotatable bonds is 8. The Bertz CT molecular complexity index is 510. The first kappa shape index (κ1) is 19.8. The summed E-state index contributed by atoms with van der Waals surface area (Å²) < 4.78 is 5.43. The highest BCUT2D eigenvalue weighted by molar-refractivity contribution is 5.79. The van der Waals surface area contributed by atoms with Crippen molar-refractivity contribution in [1.29, 1.82) is 0 Å². The van der Waals surface area contributed by atoms with E-state index in [2.05, 4.69) is 46.5 Å². The third-order valence-electron chi connectivity index (χ3n) is 5.07. The van der Waals surface area contributed by atoms with Crippen molar-refractivity contribution >= 4 is 5.96 Å². The molecule has 1 saturated heterocycles. The fraction of sp³-hybridized carbons (Fsp3) is 0.789. The van der Waals surface area contributed by atoms with E-state index in [4.69, 9.17) is 4.52 Å². The van der Waals surface area contributed by atoms with E-state index >= 15 is 0 Å². The summed E-state index contributed by atoms with van der Waals surface area (Å²) in [6, 6.07) is 0. The van der Waals surface area contributed by atoms with Crippen LogP contribution >= 0.6 is 0 Å². The second-order valence-corrected chi connectivity index (χ2v) is 6.83. The lowest BCUT2D eigenvalue weighted by Gasteiger charge is -2.32. The lowest BCUT2D eigenvalue weighted by molar-refractivity contribution is 0.185. The average molecular weight is 350 g/mol. The number of nitrogens with zero attached hydrogens (tertiary/aromatic N) is 3. The highest BCUT2D eigenvalue weighted by Crippen LogP contribution is 2.17. The van der Waals surface area contributed by atoms with Crippen molar-refractivity contribution < 1.29 is 4.52 Å². The van der Waals surface area contributed by atoms with Gasteiger partial charge in [0.15, 0.2) is 5.96 Å². The topological polar surface area (TPSA) is 65.7 Å². The fourth-order valence-corrected chi connectivity index (χ4v) is 3.50. The van der Waals surface area contributed by atoms with Gasteiger partial charge < -0.3 is 20.1 Å². The van der Waals surface area contributed by atoms with E-state index in [0.717, 1.165) is 42.7 Å². The molecule has 0 aliphatic carbocycles. The number of likely N-dealkylation sites (tertiary alicyclic amines) is 1. The molecule has 1 aromatic rings. The Kier molecular flexibility index (Phi) is 8.25. The quantitative estimate of drug-likeness (QED) is 0.558. The number of nitrogens with one attached hydrogen (secondary N) is 2. The Balaban J connectivity index is 1.77. The van der Waals surface area contributed by atoms with Crippen molar-refractivity contribution in [2.45, 2.75) is 59.4 Å². The zero-order valence-electron chi connectivity index (χ0n) is 16.4. The predicted octanol–water partition coefficient (Wildman–Crippen LogP) is 2.59. The normalized spacial score (nSPS) is 17.0. The number of aliphatic imine (C=N–C) groups is 1. The van der Waals surface area contributed by atoms with E-state index < -0.39 is 0 Å². The molecule has 1 aromatic heterocycles. The first-order chi connectivity index (χ1) is 12.2. The van der Waals surface area contributed by atoms with Gasteiger partial charge in [-0.25, -0.2) is 0 Å². The van der Waals surface area contributed by atoms with Crippen LogP contribution in [0.25, 0.3) is 0 Å². The first-order valence-electron chi connectivity index (χ1n) is 9.84. The maximum absolute atomic E-state index is 5.43. The molecule has 2 heterocycles. The zero-order chi connectivity index (χ0) is 18.1. The molecule has 142 valence electrons. The maximum atomic E-state index is 5.43. The molecule has 6 nitrogen and oxygen atoms in total. The van der Waals surface area contributed by atoms with E-state index in [-0.39, 0.29) is 0 Å². The molecule has 25 heavy (non-hydrogen) atoms. The van der Waals surface area contributed by atoms with Gasteiger partial charge in [-0.15, -0.1) is 0 Å². The first-order valence-corrected chi connectivity index (χ1v) is 9.84. The molecule has 2 N–H and O–H groups in total. The minimum absolute atomic E-state index is 0.713. The highest BCUT2D eigenvalue weighted by atomic mass is 16.5. The Morgan fingerprint density at radius 1 is 1.20 bits per heavy atom. The van der Waals surface area contributed by atoms with Gasteiger partial charge in [-0.2, -0.15) is 0 Å². The largest absolute Gasteiger partial charge is 0.361 e. The monoisotopic (exact) mass is 349 g/mol. The molecular formula is C19H35N5O. The van der Waals surface area contributed by atoms with Crippen LogP contribution in [0.5, 0.6) is 0 Å². The van der Waals surface area contributed by atoms with Crippen molar-refractivity contribution in [3.63, 3.8) is 0 Å². The molecule has 0 saturated carbocycles. The van der Waals surface area contributed by atoms with E-state index in [1.807, 2.05) is 7.05 Å². The molecule has 0 unspecified atom stereocenters. The van der Waals surface area contributed by atoms with Gasteiger partial charge in [-0.3, -0.25) is 4.99 Å². The van der Waals surface area contributed by atoms with Gasteiger partial charge in [0.1, 0.15) is 5.76 Å². The zero-order valence-corrected chi connectivity index (χ0v) is 16.4. The Hall–Kier alpha value is -1.56. The standard InChI is InChI=1S/C19H35N5O/c1-5-10-24-11-8-15(9-12-24)13-21-19(20-4)22-14-16-17(6-2)23-25-18(16)7-3/h15H,5-14H2,1-4H3,(H2,20,21,22). The third-order valence-corrected chi connectivity index (χ3v) is 5.07. The summed E-state index contributed by atoms with van der Waals surface area (Å²) >= 11 is 0. The van der Waals surface area contributed by atoms with Gasteiger partial charge in [0.05, 0.1) is 5.69 Å². The molecule has 0 atom stereocenters. The summed E-state index contributed by atoms with van der Waals surface area (Å²) in [5.41, 5.74) is 2.23. The smallest absolute Gasteiger partial charge is 0.191 e. The van der Waals surface area contributed by atoms with Crippen molar-refractivity contribution in [2.24, 2.45) is 10.9 Å². The van der Waals surface area contributed by atoms with Gasteiger partial charge in [0.2, 0.25) is 0 Å². The Labute approximate surface area is 152 Å². The number of hydrogen-bond donors (Lipinski definition) is 2. The van der Waals surface area contributed by atoms with E-state index in [9.17, 15) is 0 Å². The molecule has 0 aromatic carbocycles. The van der Waals surface area contributed by atoms with Crippen molar-refractivity contribution in [1.82, 2.24) is 20.7 Å². The molecule has 0 amide bonds. The van der Waals surface area contributed by atoms with Crippen LogP contribution in [-0.2, 0) is 19.4 Å². The van der Waals surface area contributed by atoms with Crippen LogP contribution in [0.3, 0.4) is 0 Å². The summed E-state index contributed by atoms with van der Waals surface area (Å²) in [6.45, 7) is 11.9. The SMILES string of the molecule is CCCN1CCC(CNC(=NC)NCc2c(CC)noc2CC)CC1. The van der Waals surface area contributed by atoms with Crippen molar-refractivity contribution in [3.8, 4) is 0 Å². The van der Waals surface area contributed by atoms with Crippen LogP contribution < -0.4 is 10.6 Å². The number of aromatic nitrogens is 1. The lowest BCUT2D eigenvalue weighted by Crippen LogP contribution is -2.42. The summed E-state index contributed by atoms with van der Waals surface area (Å²) in [6.07, 6.45) is 5.56.